The van der Waals surface area contributed by atoms with Crippen molar-refractivity contribution >= 4 is 28.2 Å². The van der Waals surface area contributed by atoms with Crippen LogP contribution in [0, 0.1) is 25.7 Å². The largest absolute Gasteiger partial charge is 0.393 e. The zero-order chi connectivity index (χ0) is 18.4. The highest BCUT2D eigenvalue weighted by molar-refractivity contribution is 7.16. The second-order valence-corrected chi connectivity index (χ2v) is 8.11. The molecule has 1 aromatic heterocycles. The molecule has 1 aromatic rings. The summed E-state index contributed by atoms with van der Waals surface area (Å²) in [4.78, 5) is 27.1. The van der Waals surface area contributed by atoms with Gasteiger partial charge in [0, 0.05) is 23.9 Å². The Balaban J connectivity index is 1.82. The molecule has 1 aliphatic heterocycles. The van der Waals surface area contributed by atoms with Gasteiger partial charge in [0.05, 0.1) is 11.5 Å². The lowest BCUT2D eigenvalue weighted by atomic mass is 9.96. The first kappa shape index (κ1) is 18.2. The molecule has 4 nitrogen and oxygen atoms in total. The molecular weight excluding hydrogens is 353 g/mol. The number of hydrogen-bond acceptors (Lipinski definition) is 3. The summed E-state index contributed by atoms with van der Waals surface area (Å²) in [6.07, 6.45) is -2.21. The molecule has 2 amide bonds. The zero-order valence-electron chi connectivity index (χ0n) is 14.2. The zero-order valence-corrected chi connectivity index (χ0v) is 15.0. The highest BCUT2D eigenvalue weighted by Crippen LogP contribution is 2.38. The number of rotatable bonds is 3. The number of thiophene rings is 1. The van der Waals surface area contributed by atoms with Crippen molar-refractivity contribution in [2.45, 2.75) is 45.7 Å². The Bertz CT molecular complexity index is 695. The van der Waals surface area contributed by atoms with Crippen LogP contribution in [0.4, 0.5) is 18.2 Å². The highest BCUT2D eigenvalue weighted by Gasteiger charge is 2.43. The predicted molar refractivity (Wildman–Crippen MR) is 89.8 cm³/mol. The number of piperidine rings is 1. The van der Waals surface area contributed by atoms with Gasteiger partial charge in [-0.25, -0.2) is 0 Å². The summed E-state index contributed by atoms with van der Waals surface area (Å²) >= 11 is 1.31. The van der Waals surface area contributed by atoms with Crippen molar-refractivity contribution < 1.29 is 22.8 Å². The van der Waals surface area contributed by atoms with Gasteiger partial charge in [-0.05, 0) is 45.1 Å². The van der Waals surface area contributed by atoms with Crippen LogP contribution in [0.3, 0.4) is 0 Å². The van der Waals surface area contributed by atoms with E-state index in [1.165, 1.54) is 16.2 Å². The quantitative estimate of drug-likeness (QED) is 0.865. The number of halogens is 3. The Kier molecular flexibility index (Phi) is 4.83. The summed E-state index contributed by atoms with van der Waals surface area (Å²) in [5.74, 6) is -2.01. The van der Waals surface area contributed by atoms with E-state index in [9.17, 15) is 22.8 Å². The first-order valence-electron chi connectivity index (χ1n) is 8.45. The van der Waals surface area contributed by atoms with Crippen molar-refractivity contribution in [1.82, 2.24) is 4.90 Å². The minimum Gasteiger partial charge on any atom is -0.338 e. The third kappa shape index (κ3) is 3.83. The van der Waals surface area contributed by atoms with Gasteiger partial charge < -0.3 is 10.2 Å². The van der Waals surface area contributed by atoms with Crippen LogP contribution in [0.1, 0.15) is 46.5 Å². The fourth-order valence-electron chi connectivity index (χ4n) is 3.12. The molecule has 138 valence electrons. The van der Waals surface area contributed by atoms with E-state index in [1.807, 2.05) is 6.92 Å². The SMILES string of the molecule is Cc1sc(NC(=O)C2CC2)c(C(=O)N2CCC[C@@H](C(F)(F)F)C2)c1C. The van der Waals surface area contributed by atoms with Crippen LogP contribution in [0.2, 0.25) is 0 Å². The number of alkyl halides is 3. The number of hydrogen-bond donors (Lipinski definition) is 1. The molecule has 2 heterocycles. The first-order valence-corrected chi connectivity index (χ1v) is 9.27. The molecule has 0 radical (unpaired) electrons. The van der Waals surface area contributed by atoms with Crippen LogP contribution in [0.5, 0.6) is 0 Å². The standard InChI is InChI=1S/C17H21F3N2O2S/c1-9-10(2)25-15(21-14(23)11-5-6-11)13(9)16(24)22-7-3-4-12(8-22)17(18,19)20/h11-12H,3-8H2,1-2H3,(H,21,23)/t12-/m1/s1. The Morgan fingerprint density at radius 1 is 1.20 bits per heavy atom. The molecule has 3 rings (SSSR count). The van der Waals surface area contributed by atoms with Crippen molar-refractivity contribution in [2.24, 2.45) is 11.8 Å². The second-order valence-electron chi connectivity index (χ2n) is 6.88. The van der Waals surface area contributed by atoms with Crippen LogP contribution < -0.4 is 5.32 Å². The minimum absolute atomic E-state index is 0.00439. The van der Waals surface area contributed by atoms with Crippen molar-refractivity contribution in [3.8, 4) is 0 Å². The van der Waals surface area contributed by atoms with E-state index in [-0.39, 0.29) is 24.8 Å². The van der Waals surface area contributed by atoms with E-state index < -0.39 is 18.0 Å². The Morgan fingerprint density at radius 3 is 2.48 bits per heavy atom. The number of amides is 2. The normalized spacial score (nSPS) is 21.3. The minimum atomic E-state index is -4.29. The van der Waals surface area contributed by atoms with Crippen molar-refractivity contribution in [3.63, 3.8) is 0 Å². The van der Waals surface area contributed by atoms with Gasteiger partial charge in [0.25, 0.3) is 5.91 Å². The van der Waals surface area contributed by atoms with Crippen LogP contribution in [0.25, 0.3) is 0 Å². The van der Waals surface area contributed by atoms with Gasteiger partial charge in [0.15, 0.2) is 0 Å². The summed E-state index contributed by atoms with van der Waals surface area (Å²) in [6, 6.07) is 0. The third-order valence-electron chi connectivity index (χ3n) is 4.96. The maximum absolute atomic E-state index is 13.0. The molecule has 0 spiro atoms. The van der Waals surface area contributed by atoms with Gasteiger partial charge in [-0.2, -0.15) is 13.2 Å². The van der Waals surface area contributed by atoms with Crippen LogP contribution in [0.15, 0.2) is 0 Å². The summed E-state index contributed by atoms with van der Waals surface area (Å²) in [5, 5.41) is 3.27. The number of nitrogens with zero attached hydrogens (tertiary/aromatic N) is 1. The van der Waals surface area contributed by atoms with E-state index in [1.54, 1.807) is 6.92 Å². The summed E-state index contributed by atoms with van der Waals surface area (Å²) < 4.78 is 39.1. The first-order chi connectivity index (χ1) is 11.7. The van der Waals surface area contributed by atoms with Gasteiger partial charge in [-0.15, -0.1) is 11.3 Å². The van der Waals surface area contributed by atoms with Gasteiger partial charge in [-0.1, -0.05) is 0 Å². The topological polar surface area (TPSA) is 49.4 Å². The maximum Gasteiger partial charge on any atom is 0.393 e. The molecule has 1 N–H and O–H groups in total. The number of aryl methyl sites for hydroxylation is 1. The lowest BCUT2D eigenvalue weighted by Crippen LogP contribution is -2.44. The van der Waals surface area contributed by atoms with Gasteiger partial charge in [-0.3, -0.25) is 9.59 Å². The summed E-state index contributed by atoms with van der Waals surface area (Å²) in [6.45, 7) is 3.62. The summed E-state index contributed by atoms with van der Waals surface area (Å²) in [5.41, 5.74) is 1.08. The third-order valence-corrected chi connectivity index (χ3v) is 6.08. The second kappa shape index (κ2) is 6.63. The number of anilines is 1. The number of carbonyl (C=O) groups excluding carboxylic acids is 2. The Labute approximate surface area is 148 Å². The monoisotopic (exact) mass is 374 g/mol. The Hall–Kier alpha value is -1.57. The van der Waals surface area contributed by atoms with E-state index in [0.717, 1.165) is 23.3 Å². The van der Waals surface area contributed by atoms with Crippen molar-refractivity contribution in [1.29, 1.82) is 0 Å². The van der Waals surface area contributed by atoms with Crippen LogP contribution in [-0.4, -0.2) is 36.0 Å². The highest BCUT2D eigenvalue weighted by atomic mass is 32.1. The smallest absolute Gasteiger partial charge is 0.338 e. The number of nitrogens with one attached hydrogen (secondary N) is 1. The molecule has 8 heteroatoms. The lowest BCUT2D eigenvalue weighted by molar-refractivity contribution is -0.184. The summed E-state index contributed by atoms with van der Waals surface area (Å²) in [7, 11) is 0. The fourth-order valence-corrected chi connectivity index (χ4v) is 4.17. The lowest BCUT2D eigenvalue weighted by Gasteiger charge is -2.34. The van der Waals surface area contributed by atoms with E-state index in [2.05, 4.69) is 5.32 Å². The van der Waals surface area contributed by atoms with Gasteiger partial charge >= 0.3 is 6.18 Å². The molecule has 0 bridgehead atoms. The molecule has 1 saturated heterocycles. The van der Waals surface area contributed by atoms with E-state index in [4.69, 9.17) is 0 Å². The molecular formula is C17H21F3N2O2S. The van der Waals surface area contributed by atoms with Crippen molar-refractivity contribution in [2.75, 3.05) is 18.4 Å². The molecule has 0 aromatic carbocycles. The number of carbonyl (C=O) groups is 2. The predicted octanol–water partition coefficient (Wildman–Crippen LogP) is 4.13. The van der Waals surface area contributed by atoms with E-state index in [0.29, 0.717) is 23.5 Å². The molecule has 2 aliphatic rings. The van der Waals surface area contributed by atoms with Gasteiger partial charge in [0.1, 0.15) is 5.00 Å². The molecule has 2 fully saturated rings. The molecule has 1 aliphatic carbocycles. The van der Waals surface area contributed by atoms with Crippen molar-refractivity contribution in [3.05, 3.63) is 16.0 Å². The molecule has 25 heavy (non-hydrogen) atoms. The number of likely N-dealkylation sites (tertiary alicyclic amines) is 1. The Morgan fingerprint density at radius 2 is 1.88 bits per heavy atom. The molecule has 0 unspecified atom stereocenters. The molecule has 1 atom stereocenters. The van der Waals surface area contributed by atoms with E-state index >= 15 is 0 Å². The average Bonchev–Trinajstić information content (AvgIpc) is 3.35. The van der Waals surface area contributed by atoms with Crippen LogP contribution in [-0.2, 0) is 4.79 Å². The fraction of sp³-hybridized carbons (Fsp3) is 0.647. The molecule has 1 saturated carbocycles. The van der Waals surface area contributed by atoms with Crippen LogP contribution >= 0.6 is 11.3 Å². The van der Waals surface area contributed by atoms with Gasteiger partial charge in [0.2, 0.25) is 5.91 Å². The average molecular weight is 374 g/mol. The maximum atomic E-state index is 13.0.